The van der Waals surface area contributed by atoms with E-state index in [1.165, 1.54) is 36.8 Å². The number of benzene rings is 1. The second-order valence-electron chi connectivity index (χ2n) is 5.43. The van der Waals surface area contributed by atoms with Crippen molar-refractivity contribution in [2.24, 2.45) is 0 Å². The molecular formula is C17H27NO. The number of ether oxygens (including phenoxy) is 1. The first-order chi connectivity index (χ1) is 9.35. The van der Waals surface area contributed by atoms with E-state index < -0.39 is 0 Å². The van der Waals surface area contributed by atoms with Crippen LogP contribution in [-0.2, 0) is 6.42 Å². The summed E-state index contributed by atoms with van der Waals surface area (Å²) in [5.41, 5.74) is 2.77. The molecule has 1 aliphatic heterocycles. The van der Waals surface area contributed by atoms with Crippen LogP contribution in [0.15, 0.2) is 18.2 Å². The van der Waals surface area contributed by atoms with Gasteiger partial charge in [-0.1, -0.05) is 45.2 Å². The van der Waals surface area contributed by atoms with Crippen molar-refractivity contribution in [2.75, 3.05) is 13.2 Å². The average molecular weight is 261 g/mol. The molecule has 19 heavy (non-hydrogen) atoms. The molecule has 106 valence electrons. The summed E-state index contributed by atoms with van der Waals surface area (Å²) in [7, 11) is 0. The van der Waals surface area contributed by atoms with Crippen LogP contribution in [0.5, 0.6) is 5.75 Å². The summed E-state index contributed by atoms with van der Waals surface area (Å²) in [5.74, 6) is 1.08. The standard InChI is InChI=1S/C17H27NO/c1-3-5-6-7-11-18-16-10-12-19-17-9-8-14(4-2)13-15(16)17/h8-9,13,16,18H,3-7,10-12H2,1-2H3. The minimum absolute atomic E-state index is 0.483. The lowest BCUT2D eigenvalue weighted by molar-refractivity contribution is 0.252. The normalized spacial score (nSPS) is 17.9. The van der Waals surface area contributed by atoms with Crippen LogP contribution >= 0.6 is 0 Å². The van der Waals surface area contributed by atoms with Crippen molar-refractivity contribution in [1.29, 1.82) is 0 Å². The molecule has 1 unspecified atom stereocenters. The zero-order valence-corrected chi connectivity index (χ0v) is 12.4. The molecule has 2 nitrogen and oxygen atoms in total. The highest BCUT2D eigenvalue weighted by atomic mass is 16.5. The van der Waals surface area contributed by atoms with Gasteiger partial charge in [0.15, 0.2) is 0 Å². The van der Waals surface area contributed by atoms with Crippen LogP contribution in [0, 0.1) is 0 Å². The van der Waals surface area contributed by atoms with Crippen LogP contribution in [0.1, 0.15) is 63.1 Å². The highest BCUT2D eigenvalue weighted by Crippen LogP contribution is 2.32. The topological polar surface area (TPSA) is 21.3 Å². The molecule has 1 aromatic carbocycles. The Kier molecular flexibility index (Phi) is 5.71. The Labute approximate surface area is 117 Å². The molecule has 1 heterocycles. The number of nitrogens with one attached hydrogen (secondary N) is 1. The Morgan fingerprint density at radius 2 is 2.11 bits per heavy atom. The first kappa shape index (κ1) is 14.4. The lowest BCUT2D eigenvalue weighted by atomic mass is 9.97. The summed E-state index contributed by atoms with van der Waals surface area (Å²) in [4.78, 5) is 0. The van der Waals surface area contributed by atoms with Gasteiger partial charge in [0.1, 0.15) is 5.75 Å². The molecule has 1 N–H and O–H groups in total. The average Bonchev–Trinajstić information content (AvgIpc) is 2.46. The first-order valence-electron chi connectivity index (χ1n) is 7.84. The van der Waals surface area contributed by atoms with Crippen LogP contribution in [-0.4, -0.2) is 13.2 Å². The van der Waals surface area contributed by atoms with E-state index in [1.807, 2.05) is 0 Å². The molecule has 1 atom stereocenters. The fourth-order valence-electron chi connectivity index (χ4n) is 2.70. The summed E-state index contributed by atoms with van der Waals surface area (Å²) in [5, 5.41) is 3.71. The molecule has 0 saturated heterocycles. The van der Waals surface area contributed by atoms with Gasteiger partial charge in [0, 0.05) is 18.0 Å². The number of hydrogen-bond donors (Lipinski definition) is 1. The zero-order chi connectivity index (χ0) is 13.5. The molecule has 0 radical (unpaired) electrons. The van der Waals surface area contributed by atoms with Crippen LogP contribution in [0.25, 0.3) is 0 Å². The SMILES string of the molecule is CCCCCCNC1CCOc2ccc(CC)cc21. The molecule has 0 saturated carbocycles. The third-order valence-electron chi connectivity index (χ3n) is 3.94. The van der Waals surface area contributed by atoms with Crippen molar-refractivity contribution in [3.05, 3.63) is 29.3 Å². The maximum absolute atomic E-state index is 5.76. The van der Waals surface area contributed by atoms with Crippen molar-refractivity contribution in [1.82, 2.24) is 5.32 Å². The molecule has 1 aromatic rings. The third-order valence-corrected chi connectivity index (χ3v) is 3.94. The van der Waals surface area contributed by atoms with Crippen molar-refractivity contribution in [3.8, 4) is 5.75 Å². The lowest BCUT2D eigenvalue weighted by Crippen LogP contribution is -2.28. The number of aryl methyl sites for hydroxylation is 1. The molecule has 0 amide bonds. The highest BCUT2D eigenvalue weighted by Gasteiger charge is 2.20. The van der Waals surface area contributed by atoms with Gasteiger partial charge in [0.25, 0.3) is 0 Å². The maximum Gasteiger partial charge on any atom is 0.124 e. The largest absolute Gasteiger partial charge is 0.493 e. The summed E-state index contributed by atoms with van der Waals surface area (Å²) in [6.45, 7) is 6.43. The van der Waals surface area contributed by atoms with E-state index in [-0.39, 0.29) is 0 Å². The van der Waals surface area contributed by atoms with E-state index in [2.05, 4.69) is 37.4 Å². The summed E-state index contributed by atoms with van der Waals surface area (Å²) in [6.07, 6.45) is 7.47. The van der Waals surface area contributed by atoms with Gasteiger partial charge in [-0.25, -0.2) is 0 Å². The van der Waals surface area contributed by atoms with Gasteiger partial charge in [-0.15, -0.1) is 0 Å². The van der Waals surface area contributed by atoms with Gasteiger partial charge in [-0.3, -0.25) is 0 Å². The maximum atomic E-state index is 5.76. The number of fused-ring (bicyclic) bond motifs is 1. The second-order valence-corrected chi connectivity index (χ2v) is 5.43. The molecule has 0 aromatic heterocycles. The molecule has 0 spiro atoms. The highest BCUT2D eigenvalue weighted by molar-refractivity contribution is 5.40. The molecule has 0 aliphatic carbocycles. The summed E-state index contributed by atoms with van der Waals surface area (Å²) >= 11 is 0. The number of unbranched alkanes of at least 4 members (excludes halogenated alkanes) is 3. The molecule has 1 aliphatic rings. The van der Waals surface area contributed by atoms with Gasteiger partial charge >= 0.3 is 0 Å². The fraction of sp³-hybridized carbons (Fsp3) is 0.647. The monoisotopic (exact) mass is 261 g/mol. The molecular weight excluding hydrogens is 234 g/mol. The second kappa shape index (κ2) is 7.54. The van der Waals surface area contributed by atoms with Crippen LogP contribution < -0.4 is 10.1 Å². The first-order valence-corrected chi connectivity index (χ1v) is 7.84. The molecule has 0 bridgehead atoms. The van der Waals surface area contributed by atoms with Gasteiger partial charge in [0.2, 0.25) is 0 Å². The number of hydrogen-bond acceptors (Lipinski definition) is 2. The Morgan fingerprint density at radius 3 is 2.89 bits per heavy atom. The Bertz CT molecular complexity index is 389. The number of rotatable bonds is 7. The van der Waals surface area contributed by atoms with Gasteiger partial charge in [-0.05, 0) is 31.0 Å². The Hall–Kier alpha value is -1.02. The van der Waals surface area contributed by atoms with Gasteiger partial charge < -0.3 is 10.1 Å². The van der Waals surface area contributed by atoms with Crippen LogP contribution in [0.2, 0.25) is 0 Å². The molecule has 2 rings (SSSR count). The summed E-state index contributed by atoms with van der Waals surface area (Å²) in [6, 6.07) is 7.12. The molecule has 0 fully saturated rings. The minimum Gasteiger partial charge on any atom is -0.493 e. The molecule has 2 heteroatoms. The predicted molar refractivity (Wildman–Crippen MR) is 80.8 cm³/mol. The summed E-state index contributed by atoms with van der Waals surface area (Å²) < 4.78 is 5.76. The van der Waals surface area contributed by atoms with Gasteiger partial charge in [0.05, 0.1) is 6.61 Å². The Balaban J connectivity index is 1.92. The minimum atomic E-state index is 0.483. The predicted octanol–water partition coefficient (Wildman–Crippen LogP) is 4.24. The van der Waals surface area contributed by atoms with Crippen molar-refractivity contribution in [2.45, 2.75) is 58.4 Å². The van der Waals surface area contributed by atoms with Crippen molar-refractivity contribution < 1.29 is 4.74 Å². The fourth-order valence-corrected chi connectivity index (χ4v) is 2.70. The van der Waals surface area contributed by atoms with E-state index in [0.717, 1.165) is 31.7 Å². The lowest BCUT2D eigenvalue weighted by Gasteiger charge is -2.27. The quantitative estimate of drug-likeness (QED) is 0.741. The van der Waals surface area contributed by atoms with E-state index in [4.69, 9.17) is 4.74 Å². The van der Waals surface area contributed by atoms with E-state index in [0.29, 0.717) is 6.04 Å². The third kappa shape index (κ3) is 3.97. The van der Waals surface area contributed by atoms with Crippen molar-refractivity contribution in [3.63, 3.8) is 0 Å². The van der Waals surface area contributed by atoms with E-state index >= 15 is 0 Å². The van der Waals surface area contributed by atoms with E-state index in [1.54, 1.807) is 0 Å². The smallest absolute Gasteiger partial charge is 0.124 e. The van der Waals surface area contributed by atoms with Crippen LogP contribution in [0.3, 0.4) is 0 Å². The van der Waals surface area contributed by atoms with E-state index in [9.17, 15) is 0 Å². The Morgan fingerprint density at radius 1 is 1.21 bits per heavy atom. The van der Waals surface area contributed by atoms with Crippen LogP contribution in [0.4, 0.5) is 0 Å². The van der Waals surface area contributed by atoms with Gasteiger partial charge in [-0.2, -0.15) is 0 Å². The zero-order valence-electron chi connectivity index (χ0n) is 12.4. The van der Waals surface area contributed by atoms with Crippen molar-refractivity contribution >= 4 is 0 Å².